The average Bonchev–Trinajstić information content (AvgIpc) is 3.53. The molecule has 4 rings (SSSR count). The van der Waals surface area contributed by atoms with Crippen molar-refractivity contribution in [2.45, 2.75) is 58.2 Å². The normalized spacial score (nSPS) is 17.1. The second-order valence-corrected chi connectivity index (χ2v) is 8.99. The monoisotopic (exact) mass is 424 g/mol. The first kappa shape index (κ1) is 21.4. The fraction of sp³-hybridized carbons (Fsp3) is 0.542. The largest absolute Gasteiger partial charge is 0.490 e. The van der Waals surface area contributed by atoms with Crippen LogP contribution in [0.25, 0.3) is 0 Å². The molecule has 1 aromatic carbocycles. The predicted octanol–water partition coefficient (Wildman–Crippen LogP) is 3.25. The van der Waals surface area contributed by atoms with E-state index in [1.54, 1.807) is 10.9 Å². The predicted molar refractivity (Wildman–Crippen MR) is 118 cm³/mol. The molecule has 7 heteroatoms. The van der Waals surface area contributed by atoms with Crippen LogP contribution in [0.15, 0.2) is 36.7 Å². The first-order valence-electron chi connectivity index (χ1n) is 11.2. The first-order valence-corrected chi connectivity index (χ1v) is 11.2. The van der Waals surface area contributed by atoms with E-state index >= 15 is 0 Å². The summed E-state index contributed by atoms with van der Waals surface area (Å²) in [6, 6.07) is 7.49. The number of piperidine rings is 1. The van der Waals surface area contributed by atoms with E-state index in [0.29, 0.717) is 18.0 Å². The van der Waals surface area contributed by atoms with E-state index < -0.39 is 0 Å². The summed E-state index contributed by atoms with van der Waals surface area (Å²) in [5.74, 6) is 1.37. The number of ether oxygens (including phenoxy) is 1. The zero-order valence-electron chi connectivity index (χ0n) is 18.7. The zero-order chi connectivity index (χ0) is 22.0. The van der Waals surface area contributed by atoms with Crippen LogP contribution in [0.2, 0.25) is 0 Å². The topological polar surface area (TPSA) is 67.7 Å². The maximum absolute atomic E-state index is 13.1. The third kappa shape index (κ3) is 5.27. The molecule has 2 aliphatic rings. The Morgan fingerprint density at radius 2 is 1.81 bits per heavy atom. The lowest BCUT2D eigenvalue weighted by Crippen LogP contribution is -2.42. The van der Waals surface area contributed by atoms with Gasteiger partial charge in [0.25, 0.3) is 5.91 Å². The number of amides is 2. The van der Waals surface area contributed by atoms with Gasteiger partial charge >= 0.3 is 0 Å². The van der Waals surface area contributed by atoms with Crippen LogP contribution in [-0.4, -0.2) is 56.6 Å². The minimum Gasteiger partial charge on any atom is -0.490 e. The Morgan fingerprint density at radius 3 is 2.35 bits per heavy atom. The number of carbonyl (C=O) groups is 2. The quantitative estimate of drug-likeness (QED) is 0.684. The molecule has 166 valence electrons. The van der Waals surface area contributed by atoms with Crippen molar-refractivity contribution >= 4 is 11.8 Å². The standard InChI is InChI=1S/C24H32N4O3/c1-17(2)28(16-18-14-25-26(3)15-18)24(30)20-6-8-21(9-7-20)31-22-10-12-27(13-11-22)23(29)19-4-5-19/h6-9,14-15,17,19,22H,4-5,10-13,16H2,1-3H3. The number of aryl methyl sites for hydroxylation is 1. The molecule has 1 aromatic heterocycles. The Bertz CT molecular complexity index is 909. The maximum Gasteiger partial charge on any atom is 0.254 e. The van der Waals surface area contributed by atoms with Crippen molar-refractivity contribution in [2.75, 3.05) is 13.1 Å². The van der Waals surface area contributed by atoms with Crippen LogP contribution in [0.1, 0.15) is 55.5 Å². The van der Waals surface area contributed by atoms with Gasteiger partial charge in [0.2, 0.25) is 5.91 Å². The number of nitrogens with zero attached hydrogens (tertiary/aromatic N) is 4. The van der Waals surface area contributed by atoms with Gasteiger partial charge in [-0.2, -0.15) is 5.10 Å². The first-order chi connectivity index (χ1) is 14.9. The molecule has 0 N–H and O–H groups in total. The van der Waals surface area contributed by atoms with E-state index in [4.69, 9.17) is 4.74 Å². The molecule has 1 saturated heterocycles. The maximum atomic E-state index is 13.1. The van der Waals surface area contributed by atoms with E-state index in [-0.39, 0.29) is 24.0 Å². The van der Waals surface area contributed by atoms with Crippen LogP contribution < -0.4 is 4.74 Å². The smallest absolute Gasteiger partial charge is 0.254 e. The van der Waals surface area contributed by atoms with Gasteiger partial charge in [0.15, 0.2) is 0 Å². The van der Waals surface area contributed by atoms with E-state index in [1.807, 2.05) is 61.2 Å². The third-order valence-corrected chi connectivity index (χ3v) is 6.08. The van der Waals surface area contributed by atoms with Gasteiger partial charge in [0.05, 0.1) is 6.20 Å². The van der Waals surface area contributed by atoms with Crippen LogP contribution >= 0.6 is 0 Å². The number of rotatable bonds is 7. The third-order valence-electron chi connectivity index (χ3n) is 6.08. The van der Waals surface area contributed by atoms with Crippen molar-refractivity contribution in [1.29, 1.82) is 0 Å². The fourth-order valence-corrected chi connectivity index (χ4v) is 4.06. The highest BCUT2D eigenvalue weighted by Crippen LogP contribution is 2.32. The van der Waals surface area contributed by atoms with Gasteiger partial charge in [0, 0.05) is 68.8 Å². The minimum atomic E-state index is -0.00250. The summed E-state index contributed by atoms with van der Waals surface area (Å²) in [7, 11) is 1.87. The van der Waals surface area contributed by atoms with Gasteiger partial charge < -0.3 is 14.5 Å². The van der Waals surface area contributed by atoms with Crippen LogP contribution in [0.5, 0.6) is 5.75 Å². The van der Waals surface area contributed by atoms with E-state index in [9.17, 15) is 9.59 Å². The van der Waals surface area contributed by atoms with Gasteiger partial charge in [-0.15, -0.1) is 0 Å². The summed E-state index contributed by atoms with van der Waals surface area (Å²) in [4.78, 5) is 29.1. The van der Waals surface area contributed by atoms with Crippen molar-refractivity contribution in [3.8, 4) is 5.75 Å². The van der Waals surface area contributed by atoms with Crippen LogP contribution in [0.4, 0.5) is 0 Å². The van der Waals surface area contributed by atoms with Crippen molar-refractivity contribution in [2.24, 2.45) is 13.0 Å². The number of hydrogen-bond donors (Lipinski definition) is 0. The highest BCUT2D eigenvalue weighted by atomic mass is 16.5. The van der Waals surface area contributed by atoms with Gasteiger partial charge in [-0.3, -0.25) is 14.3 Å². The Labute approximate surface area is 184 Å². The number of likely N-dealkylation sites (tertiary alicyclic amines) is 1. The van der Waals surface area contributed by atoms with E-state index in [1.165, 1.54) is 0 Å². The van der Waals surface area contributed by atoms with E-state index in [2.05, 4.69) is 5.10 Å². The molecular weight excluding hydrogens is 392 g/mol. The molecule has 1 saturated carbocycles. The molecule has 1 aliphatic heterocycles. The number of aromatic nitrogens is 2. The summed E-state index contributed by atoms with van der Waals surface area (Å²) in [6.07, 6.45) is 7.65. The summed E-state index contributed by atoms with van der Waals surface area (Å²) >= 11 is 0. The summed E-state index contributed by atoms with van der Waals surface area (Å²) < 4.78 is 7.87. The molecule has 0 unspecified atom stereocenters. The van der Waals surface area contributed by atoms with Crippen molar-refractivity contribution in [3.63, 3.8) is 0 Å². The Morgan fingerprint density at radius 1 is 1.13 bits per heavy atom. The molecule has 0 radical (unpaired) electrons. The molecule has 2 heterocycles. The molecule has 0 bridgehead atoms. The van der Waals surface area contributed by atoms with Crippen molar-refractivity contribution in [1.82, 2.24) is 19.6 Å². The molecule has 0 atom stereocenters. The highest BCUT2D eigenvalue weighted by molar-refractivity contribution is 5.94. The van der Waals surface area contributed by atoms with Gasteiger partial charge in [0.1, 0.15) is 11.9 Å². The summed E-state index contributed by atoms with van der Waals surface area (Å²) in [6.45, 7) is 6.11. The SMILES string of the molecule is CC(C)N(Cc1cnn(C)c1)C(=O)c1ccc(OC2CCN(C(=O)C3CC3)CC2)cc1. The minimum absolute atomic E-state index is 0.00250. The van der Waals surface area contributed by atoms with Gasteiger partial charge in [-0.1, -0.05) is 0 Å². The molecule has 2 fully saturated rings. The molecule has 1 aliphatic carbocycles. The lowest BCUT2D eigenvalue weighted by atomic mass is 10.1. The second kappa shape index (κ2) is 9.12. The van der Waals surface area contributed by atoms with Crippen LogP contribution in [0, 0.1) is 5.92 Å². The zero-order valence-corrected chi connectivity index (χ0v) is 18.7. The summed E-state index contributed by atoms with van der Waals surface area (Å²) in [5, 5.41) is 4.19. The van der Waals surface area contributed by atoms with Gasteiger partial charge in [-0.05, 0) is 51.0 Å². The van der Waals surface area contributed by atoms with E-state index in [0.717, 1.165) is 50.1 Å². The lowest BCUT2D eigenvalue weighted by Gasteiger charge is -2.32. The fourth-order valence-electron chi connectivity index (χ4n) is 4.06. The Balaban J connectivity index is 1.32. The van der Waals surface area contributed by atoms with Crippen molar-refractivity contribution in [3.05, 3.63) is 47.8 Å². The Kier molecular flexibility index (Phi) is 6.30. The number of hydrogen-bond acceptors (Lipinski definition) is 4. The van der Waals surface area contributed by atoms with Crippen molar-refractivity contribution < 1.29 is 14.3 Å². The molecular formula is C24H32N4O3. The second-order valence-electron chi connectivity index (χ2n) is 8.99. The van der Waals surface area contributed by atoms with Crippen LogP contribution in [-0.2, 0) is 18.4 Å². The van der Waals surface area contributed by atoms with Crippen LogP contribution in [0.3, 0.4) is 0 Å². The molecule has 31 heavy (non-hydrogen) atoms. The summed E-state index contributed by atoms with van der Waals surface area (Å²) in [5.41, 5.74) is 1.66. The molecule has 0 spiro atoms. The average molecular weight is 425 g/mol. The highest BCUT2D eigenvalue weighted by Gasteiger charge is 2.35. The molecule has 2 aromatic rings. The number of carbonyl (C=O) groups excluding carboxylic acids is 2. The molecule has 7 nitrogen and oxygen atoms in total. The Hall–Kier alpha value is -2.83. The molecule has 2 amide bonds. The lowest BCUT2D eigenvalue weighted by molar-refractivity contribution is -0.134. The number of benzene rings is 1. The van der Waals surface area contributed by atoms with Gasteiger partial charge in [-0.25, -0.2) is 0 Å².